The van der Waals surface area contributed by atoms with Crippen LogP contribution in [-0.2, 0) is 6.54 Å². The molecule has 0 aliphatic rings. The van der Waals surface area contributed by atoms with Crippen molar-refractivity contribution in [1.82, 2.24) is 5.32 Å². The normalized spacial score (nSPS) is 11.0. The van der Waals surface area contributed by atoms with Crippen LogP contribution in [0.5, 0.6) is 11.5 Å². The van der Waals surface area contributed by atoms with Crippen molar-refractivity contribution < 1.29 is 32.7 Å². The molecule has 0 heterocycles. The van der Waals surface area contributed by atoms with Crippen molar-refractivity contribution in [2.24, 2.45) is 0 Å². The lowest BCUT2D eigenvalue weighted by molar-refractivity contribution is -0.385. The monoisotopic (exact) mass is 370 g/mol. The second-order valence-electron chi connectivity index (χ2n) is 5.15. The first-order valence-electron chi connectivity index (χ1n) is 7.20. The van der Waals surface area contributed by atoms with Crippen LogP contribution in [0.1, 0.15) is 15.9 Å². The third kappa shape index (κ3) is 5.10. The molecule has 0 saturated carbocycles. The summed E-state index contributed by atoms with van der Waals surface area (Å²) in [6.45, 7) is -1.72. The van der Waals surface area contributed by atoms with Crippen LogP contribution >= 0.6 is 0 Å². The summed E-state index contributed by atoms with van der Waals surface area (Å²) in [4.78, 5) is 22.4. The van der Waals surface area contributed by atoms with E-state index in [-0.39, 0.29) is 18.0 Å². The topological polar surface area (TPSA) is 102 Å². The number of amides is 1. The predicted octanol–water partition coefficient (Wildman–Crippen LogP) is 3.17. The van der Waals surface area contributed by atoms with Gasteiger partial charge in [-0.05, 0) is 18.2 Å². The first-order chi connectivity index (χ1) is 12.2. The molecule has 0 bridgehead atoms. The van der Waals surface area contributed by atoms with Crippen molar-refractivity contribution in [1.29, 1.82) is 0 Å². The zero-order chi connectivity index (χ0) is 19.3. The molecule has 10 heteroatoms. The second kappa shape index (κ2) is 7.72. The summed E-state index contributed by atoms with van der Waals surface area (Å²) in [5.41, 5.74) is -0.669. The number of phenols is 1. The van der Waals surface area contributed by atoms with E-state index in [0.29, 0.717) is 5.56 Å². The fourth-order valence-electron chi connectivity index (χ4n) is 2.04. The summed E-state index contributed by atoms with van der Waals surface area (Å²) in [5.74, 6) is -1.30. The van der Waals surface area contributed by atoms with E-state index in [9.17, 15) is 33.2 Å². The summed E-state index contributed by atoms with van der Waals surface area (Å²) in [7, 11) is 0. The number of halogens is 3. The van der Waals surface area contributed by atoms with Crippen LogP contribution in [0.2, 0.25) is 0 Å². The Morgan fingerprint density at radius 3 is 2.54 bits per heavy atom. The van der Waals surface area contributed by atoms with Crippen molar-refractivity contribution in [2.75, 3.05) is 6.61 Å². The lowest BCUT2D eigenvalue weighted by Gasteiger charge is -2.11. The Kier molecular flexibility index (Phi) is 5.65. The van der Waals surface area contributed by atoms with Crippen molar-refractivity contribution >= 4 is 11.6 Å². The first-order valence-corrected chi connectivity index (χ1v) is 7.20. The number of rotatable bonds is 6. The molecule has 0 fully saturated rings. The highest BCUT2D eigenvalue weighted by Crippen LogP contribution is 2.26. The van der Waals surface area contributed by atoms with Crippen molar-refractivity contribution in [3.8, 4) is 11.5 Å². The third-order valence-electron chi connectivity index (χ3n) is 3.24. The van der Waals surface area contributed by atoms with E-state index in [1.165, 1.54) is 12.1 Å². The molecule has 1 amide bonds. The Morgan fingerprint density at radius 1 is 1.23 bits per heavy atom. The highest BCUT2D eigenvalue weighted by atomic mass is 19.4. The second-order valence-corrected chi connectivity index (χ2v) is 5.15. The van der Waals surface area contributed by atoms with Gasteiger partial charge in [0.15, 0.2) is 6.61 Å². The highest BCUT2D eigenvalue weighted by molar-refractivity contribution is 5.98. The third-order valence-corrected chi connectivity index (χ3v) is 3.24. The molecule has 0 radical (unpaired) electrons. The van der Waals surface area contributed by atoms with Crippen LogP contribution in [-0.4, -0.2) is 28.7 Å². The van der Waals surface area contributed by atoms with Crippen molar-refractivity contribution in [3.05, 3.63) is 63.7 Å². The number of ether oxygens (including phenoxy) is 1. The molecule has 2 N–H and O–H groups in total. The molecule has 0 aliphatic heterocycles. The molecule has 0 unspecified atom stereocenters. The Morgan fingerprint density at radius 2 is 1.92 bits per heavy atom. The maximum Gasteiger partial charge on any atom is 0.422 e. The Hall–Kier alpha value is -3.30. The van der Waals surface area contributed by atoms with Gasteiger partial charge in [0, 0.05) is 18.2 Å². The number of nitro benzene ring substituents is 1. The molecular formula is C16H13F3N2O5. The lowest BCUT2D eigenvalue weighted by atomic mass is 10.1. The van der Waals surface area contributed by atoms with E-state index in [0.717, 1.165) is 18.2 Å². The minimum Gasteiger partial charge on any atom is -0.508 e. The van der Waals surface area contributed by atoms with Gasteiger partial charge in [0.05, 0.1) is 4.92 Å². The van der Waals surface area contributed by atoms with Gasteiger partial charge in [-0.3, -0.25) is 14.9 Å². The molecule has 0 saturated heterocycles. The zero-order valence-corrected chi connectivity index (χ0v) is 13.1. The summed E-state index contributed by atoms with van der Waals surface area (Å²) in [6.07, 6.45) is -4.59. The molecule has 0 spiro atoms. The molecule has 138 valence electrons. The van der Waals surface area contributed by atoms with Crippen LogP contribution in [0.15, 0.2) is 42.5 Å². The number of carbonyl (C=O) groups is 1. The van der Waals surface area contributed by atoms with E-state index < -0.39 is 34.9 Å². The number of hydrogen-bond acceptors (Lipinski definition) is 5. The number of aromatic hydroxyl groups is 1. The Balaban J connectivity index is 2.20. The van der Waals surface area contributed by atoms with E-state index in [1.807, 2.05) is 0 Å². The molecule has 2 aromatic carbocycles. The van der Waals surface area contributed by atoms with E-state index in [4.69, 9.17) is 0 Å². The van der Waals surface area contributed by atoms with Crippen molar-refractivity contribution in [3.63, 3.8) is 0 Å². The van der Waals surface area contributed by atoms with Crippen LogP contribution in [0.3, 0.4) is 0 Å². The average Bonchev–Trinajstić information content (AvgIpc) is 2.58. The number of hydrogen-bond donors (Lipinski definition) is 2. The highest BCUT2D eigenvalue weighted by Gasteiger charge is 2.29. The number of benzene rings is 2. The standard InChI is InChI=1S/C16H13F3N2O5/c17-16(18,19)9-26-11-5-6-13(21(24)25)12(7-11)15(23)20-8-10-3-1-2-4-14(10)22/h1-7,22H,8-9H2,(H,20,23). The molecule has 0 aliphatic carbocycles. The lowest BCUT2D eigenvalue weighted by Crippen LogP contribution is -2.24. The number of nitro groups is 1. The number of alkyl halides is 3. The van der Waals surface area contributed by atoms with Gasteiger partial charge >= 0.3 is 6.18 Å². The zero-order valence-electron chi connectivity index (χ0n) is 13.1. The molecule has 0 aromatic heterocycles. The minimum atomic E-state index is -4.59. The Labute approximate surface area is 145 Å². The van der Waals surface area contributed by atoms with Gasteiger partial charge < -0.3 is 15.2 Å². The van der Waals surface area contributed by atoms with Crippen LogP contribution in [0, 0.1) is 10.1 Å². The summed E-state index contributed by atoms with van der Waals surface area (Å²) < 4.78 is 41.2. The fraction of sp³-hybridized carbons (Fsp3) is 0.188. The largest absolute Gasteiger partial charge is 0.508 e. The number of nitrogens with zero attached hydrogens (tertiary/aromatic N) is 1. The van der Waals surface area contributed by atoms with Gasteiger partial charge in [0.25, 0.3) is 11.6 Å². The van der Waals surface area contributed by atoms with E-state index in [2.05, 4.69) is 10.1 Å². The van der Waals surface area contributed by atoms with Gasteiger partial charge in [-0.2, -0.15) is 13.2 Å². The maximum atomic E-state index is 12.2. The maximum absolute atomic E-state index is 12.2. The first kappa shape index (κ1) is 19.0. The number of phenolic OH excluding ortho intramolecular Hbond substituents is 1. The molecule has 2 aromatic rings. The van der Waals surface area contributed by atoms with Gasteiger partial charge in [-0.1, -0.05) is 18.2 Å². The van der Waals surface area contributed by atoms with Crippen LogP contribution in [0.4, 0.5) is 18.9 Å². The predicted molar refractivity (Wildman–Crippen MR) is 83.9 cm³/mol. The molecule has 7 nitrogen and oxygen atoms in total. The summed E-state index contributed by atoms with van der Waals surface area (Å²) in [6, 6.07) is 8.86. The number of para-hydroxylation sites is 1. The molecule has 26 heavy (non-hydrogen) atoms. The summed E-state index contributed by atoms with van der Waals surface area (Å²) in [5, 5.41) is 23.1. The average molecular weight is 370 g/mol. The SMILES string of the molecule is O=C(NCc1ccccc1O)c1cc(OCC(F)(F)F)ccc1[N+](=O)[O-]. The molecule has 2 rings (SSSR count). The summed E-state index contributed by atoms with van der Waals surface area (Å²) >= 11 is 0. The van der Waals surface area contributed by atoms with E-state index in [1.54, 1.807) is 12.1 Å². The number of carbonyl (C=O) groups excluding carboxylic acids is 1. The van der Waals surface area contributed by atoms with Crippen molar-refractivity contribution in [2.45, 2.75) is 12.7 Å². The number of nitrogens with one attached hydrogen (secondary N) is 1. The van der Waals surface area contributed by atoms with Crippen LogP contribution in [0.25, 0.3) is 0 Å². The molecule has 0 atom stereocenters. The smallest absolute Gasteiger partial charge is 0.422 e. The quantitative estimate of drug-likeness (QED) is 0.601. The minimum absolute atomic E-state index is 0.0791. The fourth-order valence-corrected chi connectivity index (χ4v) is 2.04. The van der Waals surface area contributed by atoms with Gasteiger partial charge in [-0.25, -0.2) is 0 Å². The molecular weight excluding hydrogens is 357 g/mol. The van der Waals surface area contributed by atoms with E-state index >= 15 is 0 Å². The van der Waals surface area contributed by atoms with Gasteiger partial charge in [0.2, 0.25) is 0 Å². The van der Waals surface area contributed by atoms with Crippen LogP contribution < -0.4 is 10.1 Å². The van der Waals surface area contributed by atoms with Gasteiger partial charge in [-0.15, -0.1) is 0 Å². The van der Waals surface area contributed by atoms with Gasteiger partial charge in [0.1, 0.15) is 17.1 Å². The Bertz CT molecular complexity index is 824.